The average molecular weight is 286 g/mol. The molecule has 0 heterocycles. The van der Waals surface area contributed by atoms with Crippen LogP contribution in [0.15, 0.2) is 42.5 Å². The molecule has 0 fully saturated rings. The first-order valence-corrected chi connectivity index (χ1v) is 4.91. The molecule has 0 spiro atoms. The van der Waals surface area contributed by atoms with Crippen molar-refractivity contribution in [3.05, 3.63) is 46.0 Å². The van der Waals surface area contributed by atoms with Crippen LogP contribution >= 0.6 is 22.6 Å². The van der Waals surface area contributed by atoms with Gasteiger partial charge in [-0.05, 0) is 52.9 Å². The highest BCUT2D eigenvalue weighted by molar-refractivity contribution is 14.1. The molecule has 4 N–H and O–H groups in total. The number of hydrogen-bond donors (Lipinski definition) is 2. The van der Waals surface area contributed by atoms with Gasteiger partial charge < -0.3 is 11.5 Å². The van der Waals surface area contributed by atoms with Crippen LogP contribution in [0.2, 0.25) is 0 Å². The Morgan fingerprint density at radius 1 is 0.846 bits per heavy atom. The molecule has 3 heteroatoms. The molecule has 1 aromatic carbocycles. The molecule has 0 atom stereocenters. The molecule has 0 aliphatic rings. The van der Waals surface area contributed by atoms with Gasteiger partial charge in [0.1, 0.15) is 0 Å². The van der Waals surface area contributed by atoms with Gasteiger partial charge in [-0.2, -0.15) is 0 Å². The van der Waals surface area contributed by atoms with Crippen LogP contribution < -0.4 is 11.5 Å². The summed E-state index contributed by atoms with van der Waals surface area (Å²) in [4.78, 5) is 0. The molecule has 0 saturated carbocycles. The first-order chi connectivity index (χ1) is 6.18. The summed E-state index contributed by atoms with van der Waals surface area (Å²) in [7, 11) is 0. The number of rotatable bonds is 0. The van der Waals surface area contributed by atoms with E-state index in [0.717, 1.165) is 3.57 Å². The summed E-state index contributed by atoms with van der Waals surface area (Å²) in [6, 6.07) is 13.1. The van der Waals surface area contributed by atoms with Crippen molar-refractivity contribution in [3.8, 4) is 0 Å². The van der Waals surface area contributed by atoms with Gasteiger partial charge in [-0.1, -0.05) is 12.1 Å². The lowest BCUT2D eigenvalue weighted by molar-refractivity contribution is 1.65. The van der Waals surface area contributed by atoms with Crippen molar-refractivity contribution >= 4 is 34.0 Å². The van der Waals surface area contributed by atoms with Gasteiger partial charge in [-0.3, -0.25) is 0 Å². The third-order valence-corrected chi connectivity index (χ3v) is 2.14. The molecule has 13 heavy (non-hydrogen) atoms. The fraction of sp³-hybridized carbons (Fsp3) is 0. The van der Waals surface area contributed by atoms with E-state index in [0.29, 0.717) is 11.4 Å². The lowest BCUT2D eigenvalue weighted by atomic mass is 10.3. The zero-order valence-corrected chi connectivity index (χ0v) is 9.23. The quantitative estimate of drug-likeness (QED) is 0.720. The maximum atomic E-state index is 5.66. The summed E-state index contributed by atoms with van der Waals surface area (Å²) in [6.45, 7) is 0. The standard InChI is InChI=1S/C10H11IN2/c11-8-3-1-5-9(12)7-10(13)6-2-4-8/h1-7H,12-13H2. The lowest BCUT2D eigenvalue weighted by Gasteiger charge is -1.89. The average Bonchev–Trinajstić information content (AvgIpc) is 2.03. The van der Waals surface area contributed by atoms with Crippen LogP contribution in [0.4, 0.5) is 11.4 Å². The van der Waals surface area contributed by atoms with Gasteiger partial charge in [-0.25, -0.2) is 0 Å². The van der Waals surface area contributed by atoms with Crippen LogP contribution in [0.1, 0.15) is 0 Å². The van der Waals surface area contributed by atoms with Gasteiger partial charge in [0, 0.05) is 14.9 Å². The van der Waals surface area contributed by atoms with Crippen molar-refractivity contribution in [1.82, 2.24) is 0 Å². The van der Waals surface area contributed by atoms with Crippen molar-refractivity contribution in [3.63, 3.8) is 0 Å². The Balaban J connectivity index is 3.31. The second-order valence-electron chi connectivity index (χ2n) is 2.58. The summed E-state index contributed by atoms with van der Waals surface area (Å²) in [5.74, 6) is 0. The van der Waals surface area contributed by atoms with Crippen molar-refractivity contribution in [2.75, 3.05) is 11.5 Å². The second kappa shape index (κ2) is 4.91. The van der Waals surface area contributed by atoms with E-state index in [2.05, 4.69) is 22.6 Å². The lowest BCUT2D eigenvalue weighted by Crippen LogP contribution is -1.85. The van der Waals surface area contributed by atoms with Crippen molar-refractivity contribution < 1.29 is 0 Å². The predicted octanol–water partition coefficient (Wildman–Crippen LogP) is 2.58. The highest BCUT2D eigenvalue weighted by Crippen LogP contribution is 2.05. The molecule has 0 saturated heterocycles. The molecule has 2 nitrogen and oxygen atoms in total. The Hall–Kier alpha value is -0.970. The van der Waals surface area contributed by atoms with Crippen molar-refractivity contribution in [2.45, 2.75) is 0 Å². The van der Waals surface area contributed by atoms with Crippen LogP contribution in [0.5, 0.6) is 0 Å². The maximum Gasteiger partial charge on any atom is 0.0334 e. The van der Waals surface area contributed by atoms with Crippen LogP contribution in [-0.2, 0) is 0 Å². The Kier molecular flexibility index (Phi) is 3.82. The first kappa shape index (κ1) is 10.1. The van der Waals surface area contributed by atoms with E-state index in [1.807, 2.05) is 36.4 Å². The number of anilines is 2. The molecule has 0 aromatic heterocycles. The second-order valence-corrected chi connectivity index (χ2v) is 3.83. The van der Waals surface area contributed by atoms with E-state index in [-0.39, 0.29) is 0 Å². The number of nitrogens with two attached hydrogens (primary N) is 2. The normalized spacial score (nSPS) is 9.00. The molecule has 0 bridgehead atoms. The van der Waals surface area contributed by atoms with Gasteiger partial charge in [0.2, 0.25) is 0 Å². The molecule has 1 rings (SSSR count). The summed E-state index contributed by atoms with van der Waals surface area (Å²) in [5.41, 5.74) is 12.6. The van der Waals surface area contributed by atoms with E-state index < -0.39 is 0 Å². The Labute approximate surface area is 91.4 Å². The molecule has 68 valence electrons. The molecule has 1 aromatic rings. The van der Waals surface area contributed by atoms with E-state index in [4.69, 9.17) is 11.5 Å². The molecule has 0 aliphatic heterocycles. The minimum absolute atomic E-state index is 0.657. The minimum Gasteiger partial charge on any atom is -0.399 e. The number of nitrogen functional groups attached to an aromatic ring is 2. The van der Waals surface area contributed by atoms with Gasteiger partial charge in [-0.15, -0.1) is 0 Å². The molecule has 0 aliphatic carbocycles. The smallest absolute Gasteiger partial charge is 0.0334 e. The maximum absolute atomic E-state index is 5.66. The van der Waals surface area contributed by atoms with E-state index >= 15 is 0 Å². The summed E-state index contributed by atoms with van der Waals surface area (Å²) < 4.78 is 1.13. The van der Waals surface area contributed by atoms with E-state index in [1.165, 1.54) is 0 Å². The largest absolute Gasteiger partial charge is 0.399 e. The fourth-order valence-corrected chi connectivity index (χ4v) is 1.26. The van der Waals surface area contributed by atoms with Gasteiger partial charge >= 0.3 is 0 Å². The SMILES string of the molecule is Nc1cccc(I)cccc(N)c1. The fourth-order valence-electron chi connectivity index (χ4n) is 0.847. The Morgan fingerprint density at radius 2 is 1.31 bits per heavy atom. The topological polar surface area (TPSA) is 52.0 Å². The van der Waals surface area contributed by atoms with E-state index in [1.54, 1.807) is 6.07 Å². The van der Waals surface area contributed by atoms with Crippen LogP contribution in [-0.4, -0.2) is 0 Å². The van der Waals surface area contributed by atoms with Crippen molar-refractivity contribution in [1.29, 1.82) is 0 Å². The highest BCUT2D eigenvalue weighted by Gasteiger charge is 1.81. The van der Waals surface area contributed by atoms with Crippen LogP contribution in [0.3, 0.4) is 0 Å². The highest BCUT2D eigenvalue weighted by atomic mass is 127. The van der Waals surface area contributed by atoms with Gasteiger partial charge in [0.05, 0.1) is 0 Å². The summed E-state index contributed by atoms with van der Waals surface area (Å²) in [5, 5.41) is 0. The monoisotopic (exact) mass is 286 g/mol. The zero-order chi connectivity index (χ0) is 9.68. The zero-order valence-electron chi connectivity index (χ0n) is 7.07. The number of hydrogen-bond acceptors (Lipinski definition) is 2. The summed E-state index contributed by atoms with van der Waals surface area (Å²) >= 11 is 2.24. The first-order valence-electron chi connectivity index (χ1n) is 3.83. The third-order valence-electron chi connectivity index (χ3n) is 1.42. The molecule has 0 unspecified atom stereocenters. The molecular weight excluding hydrogens is 275 g/mol. The van der Waals surface area contributed by atoms with Gasteiger partial charge in [0.15, 0.2) is 0 Å². The molecule has 0 radical (unpaired) electrons. The Bertz CT molecular complexity index is 318. The molecule has 0 amide bonds. The third kappa shape index (κ3) is 3.98. The van der Waals surface area contributed by atoms with Gasteiger partial charge in [0.25, 0.3) is 0 Å². The van der Waals surface area contributed by atoms with E-state index in [9.17, 15) is 0 Å². The predicted molar refractivity (Wildman–Crippen MR) is 65.6 cm³/mol. The molecular formula is C10H11IN2. The van der Waals surface area contributed by atoms with Crippen molar-refractivity contribution in [2.24, 2.45) is 0 Å². The summed E-state index contributed by atoms with van der Waals surface area (Å²) in [6.07, 6.45) is 0. The minimum atomic E-state index is 0.657. The Morgan fingerprint density at radius 3 is 1.77 bits per heavy atom. The van der Waals surface area contributed by atoms with Crippen LogP contribution in [0.25, 0.3) is 0 Å². The number of halogens is 1. The van der Waals surface area contributed by atoms with Crippen LogP contribution in [0, 0.1) is 3.57 Å².